The number of hydrogen-bond acceptors (Lipinski definition) is 4. The van der Waals surface area contributed by atoms with Gasteiger partial charge in [-0.05, 0) is 25.1 Å². The third-order valence-corrected chi connectivity index (χ3v) is 3.24. The summed E-state index contributed by atoms with van der Waals surface area (Å²) >= 11 is 5.92. The van der Waals surface area contributed by atoms with Gasteiger partial charge in [0, 0.05) is 12.1 Å². The third-order valence-electron chi connectivity index (χ3n) is 2.93. The van der Waals surface area contributed by atoms with E-state index in [9.17, 15) is 19.3 Å². The molecule has 0 saturated heterocycles. The van der Waals surface area contributed by atoms with Crippen LogP contribution in [0.5, 0.6) is 5.75 Å². The number of nitrogens with zero attached hydrogens (tertiary/aromatic N) is 1. The van der Waals surface area contributed by atoms with Crippen LogP contribution in [-0.4, -0.2) is 16.9 Å². The lowest BCUT2D eigenvalue weighted by atomic mass is 10.2. The van der Waals surface area contributed by atoms with Crippen LogP contribution in [0, 0.1) is 15.9 Å². The van der Waals surface area contributed by atoms with Crippen molar-refractivity contribution in [1.29, 1.82) is 0 Å². The maximum atomic E-state index is 13.6. The average Bonchev–Trinajstić information content (AvgIpc) is 2.51. The number of para-hydroxylation sites is 1. The van der Waals surface area contributed by atoms with Crippen molar-refractivity contribution in [1.82, 2.24) is 0 Å². The fourth-order valence-corrected chi connectivity index (χ4v) is 1.92. The lowest BCUT2D eigenvalue weighted by Crippen LogP contribution is -2.30. The van der Waals surface area contributed by atoms with E-state index in [1.165, 1.54) is 6.92 Å². The van der Waals surface area contributed by atoms with E-state index in [0.29, 0.717) is 10.8 Å². The molecule has 0 radical (unpaired) electrons. The number of benzene rings is 2. The summed E-state index contributed by atoms with van der Waals surface area (Å²) < 4.78 is 19.0. The Kier molecular flexibility index (Phi) is 5.13. The Hall–Kier alpha value is -2.67. The minimum Gasteiger partial charge on any atom is -0.479 e. The van der Waals surface area contributed by atoms with Crippen LogP contribution in [0.4, 0.5) is 15.8 Å². The molecule has 120 valence electrons. The molecule has 2 rings (SSSR count). The fraction of sp³-hybridized carbons (Fsp3) is 0.133. The van der Waals surface area contributed by atoms with Crippen LogP contribution < -0.4 is 10.1 Å². The number of anilines is 1. The number of non-ortho nitro benzene ring substituents is 1. The van der Waals surface area contributed by atoms with Gasteiger partial charge in [0.05, 0.1) is 15.6 Å². The Morgan fingerprint density at radius 2 is 2.04 bits per heavy atom. The zero-order chi connectivity index (χ0) is 17.0. The van der Waals surface area contributed by atoms with Crippen molar-refractivity contribution in [2.75, 3.05) is 5.32 Å². The summed E-state index contributed by atoms with van der Waals surface area (Å²) in [5.41, 5.74) is -0.625. The van der Waals surface area contributed by atoms with E-state index in [1.54, 1.807) is 24.3 Å². The highest BCUT2D eigenvalue weighted by atomic mass is 35.5. The van der Waals surface area contributed by atoms with Crippen LogP contribution in [-0.2, 0) is 4.79 Å². The zero-order valence-corrected chi connectivity index (χ0v) is 12.7. The predicted molar refractivity (Wildman–Crippen MR) is 83.2 cm³/mol. The molecule has 0 spiro atoms. The summed E-state index contributed by atoms with van der Waals surface area (Å²) in [6.45, 7) is 1.45. The Morgan fingerprint density at radius 3 is 2.70 bits per heavy atom. The molecule has 1 atom stereocenters. The number of amides is 1. The molecule has 0 aromatic heterocycles. The Bertz CT molecular complexity index is 754. The molecular weight excluding hydrogens is 327 g/mol. The minimum atomic E-state index is -0.978. The van der Waals surface area contributed by atoms with Crippen LogP contribution in [0.15, 0.2) is 42.5 Å². The highest BCUT2D eigenvalue weighted by molar-refractivity contribution is 6.32. The topological polar surface area (TPSA) is 81.5 Å². The number of carbonyl (C=O) groups is 1. The highest BCUT2D eigenvalue weighted by Crippen LogP contribution is 2.25. The number of halogens is 2. The smallest absolute Gasteiger partial charge is 0.271 e. The number of rotatable bonds is 5. The summed E-state index contributed by atoms with van der Waals surface area (Å²) in [5, 5.41) is 13.3. The van der Waals surface area contributed by atoms with Crippen LogP contribution in [0.1, 0.15) is 6.92 Å². The van der Waals surface area contributed by atoms with Crippen molar-refractivity contribution in [2.24, 2.45) is 0 Å². The molecule has 8 heteroatoms. The van der Waals surface area contributed by atoms with E-state index in [2.05, 4.69) is 5.32 Å². The molecule has 0 bridgehead atoms. The van der Waals surface area contributed by atoms with Crippen molar-refractivity contribution in [2.45, 2.75) is 13.0 Å². The summed E-state index contributed by atoms with van der Waals surface area (Å²) in [4.78, 5) is 22.1. The highest BCUT2D eigenvalue weighted by Gasteiger charge is 2.19. The van der Waals surface area contributed by atoms with Crippen molar-refractivity contribution in [3.05, 3.63) is 63.4 Å². The number of carbonyl (C=O) groups excluding carboxylic acids is 1. The lowest BCUT2D eigenvalue weighted by molar-refractivity contribution is -0.384. The van der Waals surface area contributed by atoms with Crippen molar-refractivity contribution < 1.29 is 18.8 Å². The van der Waals surface area contributed by atoms with E-state index in [-0.39, 0.29) is 11.4 Å². The number of ether oxygens (including phenoxy) is 1. The second-order valence-corrected chi connectivity index (χ2v) is 5.01. The van der Waals surface area contributed by atoms with E-state index >= 15 is 0 Å². The maximum Gasteiger partial charge on any atom is 0.271 e. The fourth-order valence-electron chi connectivity index (χ4n) is 1.74. The number of nitro benzene ring substituents is 1. The molecular formula is C15H12ClFN2O4. The Morgan fingerprint density at radius 1 is 1.35 bits per heavy atom. The first-order valence-electron chi connectivity index (χ1n) is 6.54. The number of hydrogen-bond donors (Lipinski definition) is 1. The minimum absolute atomic E-state index is 0.293. The van der Waals surface area contributed by atoms with Crippen molar-refractivity contribution in [3.8, 4) is 5.75 Å². The molecule has 0 heterocycles. The number of nitro groups is 1. The van der Waals surface area contributed by atoms with Gasteiger partial charge in [-0.15, -0.1) is 0 Å². The average molecular weight is 339 g/mol. The quantitative estimate of drug-likeness (QED) is 0.664. The summed E-state index contributed by atoms with van der Waals surface area (Å²) in [6, 6.07) is 9.43. The van der Waals surface area contributed by atoms with Gasteiger partial charge in [0.25, 0.3) is 11.6 Å². The lowest BCUT2D eigenvalue weighted by Gasteiger charge is -2.15. The molecule has 1 N–H and O–H groups in total. The summed E-state index contributed by atoms with van der Waals surface area (Å²) in [5.74, 6) is -1.14. The number of nitrogens with one attached hydrogen (secondary N) is 1. The second kappa shape index (κ2) is 7.06. The largest absolute Gasteiger partial charge is 0.479 e. The first-order chi connectivity index (χ1) is 10.9. The summed E-state index contributed by atoms with van der Waals surface area (Å²) in [6.07, 6.45) is -0.978. The van der Waals surface area contributed by atoms with Crippen LogP contribution in [0.25, 0.3) is 0 Å². The van der Waals surface area contributed by atoms with Gasteiger partial charge in [0.15, 0.2) is 6.10 Å². The first-order valence-corrected chi connectivity index (χ1v) is 6.92. The van der Waals surface area contributed by atoms with Gasteiger partial charge in [-0.2, -0.15) is 0 Å². The molecule has 2 aromatic rings. The summed E-state index contributed by atoms with van der Waals surface area (Å²) in [7, 11) is 0. The Balaban J connectivity index is 2.11. The second-order valence-electron chi connectivity index (χ2n) is 4.60. The zero-order valence-electron chi connectivity index (χ0n) is 12.0. The van der Waals surface area contributed by atoms with E-state index in [1.807, 2.05) is 0 Å². The molecule has 0 fully saturated rings. The molecule has 1 amide bonds. The molecule has 0 aliphatic heterocycles. The van der Waals surface area contributed by atoms with Crippen molar-refractivity contribution in [3.63, 3.8) is 0 Å². The molecule has 6 nitrogen and oxygen atoms in total. The van der Waals surface area contributed by atoms with Gasteiger partial charge in [-0.3, -0.25) is 14.9 Å². The third kappa shape index (κ3) is 4.17. The molecule has 0 saturated carbocycles. The molecule has 0 aliphatic rings. The molecule has 23 heavy (non-hydrogen) atoms. The SMILES string of the molecule is C[C@H](Oc1ccccc1Cl)C(=O)Nc1cc([N+](=O)[O-])ccc1F. The van der Waals surface area contributed by atoms with E-state index in [4.69, 9.17) is 16.3 Å². The molecule has 0 unspecified atom stereocenters. The first kappa shape index (κ1) is 16.7. The predicted octanol–water partition coefficient (Wildman–Crippen LogP) is 3.79. The van der Waals surface area contributed by atoms with Crippen LogP contribution >= 0.6 is 11.6 Å². The van der Waals surface area contributed by atoms with Gasteiger partial charge >= 0.3 is 0 Å². The van der Waals surface area contributed by atoms with Crippen molar-refractivity contribution >= 4 is 28.9 Å². The van der Waals surface area contributed by atoms with Gasteiger partial charge < -0.3 is 10.1 Å². The molecule has 0 aliphatic carbocycles. The van der Waals surface area contributed by atoms with E-state index in [0.717, 1.165) is 18.2 Å². The standard InChI is InChI=1S/C15H12ClFN2O4/c1-9(23-14-5-3-2-4-11(14)16)15(20)18-13-8-10(19(21)22)6-7-12(13)17/h2-9H,1H3,(H,18,20)/t9-/m0/s1. The van der Waals surface area contributed by atoms with Gasteiger partial charge in [-0.25, -0.2) is 4.39 Å². The van der Waals surface area contributed by atoms with Gasteiger partial charge in [0.1, 0.15) is 11.6 Å². The van der Waals surface area contributed by atoms with Crippen LogP contribution in [0.2, 0.25) is 5.02 Å². The maximum absolute atomic E-state index is 13.6. The normalized spacial score (nSPS) is 11.6. The van der Waals surface area contributed by atoms with Gasteiger partial charge in [0.2, 0.25) is 0 Å². The van der Waals surface area contributed by atoms with Crippen LogP contribution in [0.3, 0.4) is 0 Å². The Labute approximate surface area is 136 Å². The van der Waals surface area contributed by atoms with Gasteiger partial charge in [-0.1, -0.05) is 23.7 Å². The van der Waals surface area contributed by atoms with E-state index < -0.39 is 22.8 Å². The monoisotopic (exact) mass is 338 g/mol. The molecule has 2 aromatic carbocycles.